The Labute approximate surface area is 99.0 Å². The van der Waals surface area contributed by atoms with E-state index in [0.29, 0.717) is 12.8 Å². The van der Waals surface area contributed by atoms with Crippen LogP contribution in [-0.2, 0) is 14.1 Å². The molecule has 0 bridgehead atoms. The topological polar surface area (TPSA) is 35.5 Å². The third kappa shape index (κ3) is 2.66. The van der Waals surface area contributed by atoms with Crippen molar-refractivity contribution >= 4 is 12.9 Å². The number of Topliss-reactive ketones (excluding diaryl/α,β-unsaturated/α-hetero) is 1. The second kappa shape index (κ2) is 4.50. The van der Waals surface area contributed by atoms with Gasteiger partial charge in [0.15, 0.2) is 0 Å². The number of carbonyl (C=O) groups excluding carboxylic acids is 1. The Morgan fingerprint density at radius 3 is 2.00 bits per heavy atom. The molecule has 1 unspecified atom stereocenters. The van der Waals surface area contributed by atoms with Crippen LogP contribution in [0.25, 0.3) is 0 Å². The lowest BCUT2D eigenvalue weighted by Gasteiger charge is -2.32. The first-order chi connectivity index (χ1) is 7.19. The van der Waals surface area contributed by atoms with Gasteiger partial charge in [0.1, 0.15) is 5.78 Å². The van der Waals surface area contributed by atoms with Crippen LogP contribution in [0.4, 0.5) is 0 Å². The van der Waals surface area contributed by atoms with Crippen LogP contribution in [0.2, 0.25) is 5.82 Å². The van der Waals surface area contributed by atoms with E-state index in [1.165, 1.54) is 0 Å². The zero-order valence-electron chi connectivity index (χ0n) is 11.3. The van der Waals surface area contributed by atoms with Gasteiger partial charge in [-0.05, 0) is 33.5 Å². The van der Waals surface area contributed by atoms with Gasteiger partial charge in [-0.1, -0.05) is 13.8 Å². The fraction of sp³-hybridized carbons (Fsp3) is 0.917. The maximum atomic E-state index is 11.4. The summed E-state index contributed by atoms with van der Waals surface area (Å²) in [4.78, 5) is 11.4. The maximum Gasteiger partial charge on any atom is 0.461 e. The molecule has 0 aromatic rings. The van der Waals surface area contributed by atoms with E-state index in [0.717, 1.165) is 0 Å². The van der Waals surface area contributed by atoms with Crippen molar-refractivity contribution in [2.24, 2.45) is 0 Å². The van der Waals surface area contributed by atoms with Crippen LogP contribution < -0.4 is 0 Å². The Balaban J connectivity index is 2.62. The molecule has 0 spiro atoms. The Morgan fingerprint density at radius 2 is 1.62 bits per heavy atom. The molecule has 0 aliphatic carbocycles. The van der Waals surface area contributed by atoms with Crippen LogP contribution in [0.1, 0.15) is 54.4 Å². The molecule has 0 aromatic heterocycles. The van der Waals surface area contributed by atoms with E-state index in [1.54, 1.807) is 0 Å². The lowest BCUT2D eigenvalue weighted by atomic mass is 9.70. The average molecular weight is 226 g/mol. The van der Waals surface area contributed by atoms with Gasteiger partial charge in [0, 0.05) is 12.8 Å². The van der Waals surface area contributed by atoms with Gasteiger partial charge in [0.2, 0.25) is 0 Å². The molecule has 1 aliphatic rings. The summed E-state index contributed by atoms with van der Waals surface area (Å²) >= 11 is 0. The molecule has 1 atom stereocenters. The highest BCUT2D eigenvalue weighted by atomic mass is 16.7. The average Bonchev–Trinajstić information content (AvgIpc) is 2.36. The van der Waals surface area contributed by atoms with E-state index in [4.69, 9.17) is 9.31 Å². The van der Waals surface area contributed by atoms with Crippen molar-refractivity contribution in [2.75, 3.05) is 0 Å². The number of hydrogen-bond donors (Lipinski definition) is 0. The van der Waals surface area contributed by atoms with Crippen molar-refractivity contribution in [2.45, 2.75) is 71.4 Å². The molecule has 0 N–H and O–H groups in total. The summed E-state index contributed by atoms with van der Waals surface area (Å²) in [6.45, 7) is 12.0. The molecule has 0 saturated carbocycles. The zero-order valence-corrected chi connectivity index (χ0v) is 11.3. The van der Waals surface area contributed by atoms with Crippen LogP contribution in [0.3, 0.4) is 0 Å². The predicted octanol–water partition coefficient (Wildman–Crippen LogP) is 2.84. The highest BCUT2D eigenvalue weighted by Gasteiger charge is 2.52. The second-order valence-corrected chi connectivity index (χ2v) is 5.70. The fourth-order valence-corrected chi connectivity index (χ4v) is 1.72. The monoisotopic (exact) mass is 226 g/mol. The minimum atomic E-state index is -0.304. The Kier molecular flexibility index (Phi) is 3.85. The first-order valence-corrected chi connectivity index (χ1v) is 6.07. The standard InChI is InChI=1S/C12H23BO3/c1-7-10(14)8-9(2)13-15-11(3,4)12(5,6)16-13/h9H,7-8H2,1-6H3. The molecule has 0 aromatic carbocycles. The zero-order chi connectivity index (χ0) is 12.6. The minimum Gasteiger partial charge on any atom is -0.403 e. The second-order valence-electron chi connectivity index (χ2n) is 5.70. The van der Waals surface area contributed by atoms with E-state index in [2.05, 4.69) is 0 Å². The molecule has 92 valence electrons. The molecular weight excluding hydrogens is 203 g/mol. The van der Waals surface area contributed by atoms with E-state index in [1.807, 2.05) is 41.5 Å². The van der Waals surface area contributed by atoms with Gasteiger partial charge in [-0.2, -0.15) is 0 Å². The van der Waals surface area contributed by atoms with Gasteiger partial charge in [0.05, 0.1) is 11.2 Å². The van der Waals surface area contributed by atoms with Crippen molar-refractivity contribution in [3.05, 3.63) is 0 Å². The van der Waals surface area contributed by atoms with Crippen LogP contribution in [0.5, 0.6) is 0 Å². The maximum absolute atomic E-state index is 11.4. The summed E-state index contributed by atoms with van der Waals surface area (Å²) in [7, 11) is -0.263. The summed E-state index contributed by atoms with van der Waals surface area (Å²) in [5.41, 5.74) is -0.609. The lowest BCUT2D eigenvalue weighted by Crippen LogP contribution is -2.41. The van der Waals surface area contributed by atoms with Gasteiger partial charge < -0.3 is 9.31 Å². The summed E-state index contributed by atoms with van der Waals surface area (Å²) < 4.78 is 11.8. The van der Waals surface area contributed by atoms with E-state index >= 15 is 0 Å². The molecule has 16 heavy (non-hydrogen) atoms. The van der Waals surface area contributed by atoms with Gasteiger partial charge in [-0.25, -0.2) is 0 Å². The number of ketones is 1. The Bertz CT molecular complexity index is 257. The quantitative estimate of drug-likeness (QED) is 0.691. The summed E-state index contributed by atoms with van der Waals surface area (Å²) in [6, 6.07) is 0. The third-order valence-corrected chi connectivity index (χ3v) is 3.68. The van der Waals surface area contributed by atoms with Crippen molar-refractivity contribution < 1.29 is 14.1 Å². The molecule has 0 amide bonds. The van der Waals surface area contributed by atoms with Crippen molar-refractivity contribution in [1.29, 1.82) is 0 Å². The number of carbonyl (C=O) groups is 1. The largest absolute Gasteiger partial charge is 0.461 e. The van der Waals surface area contributed by atoms with Crippen molar-refractivity contribution in [1.82, 2.24) is 0 Å². The molecule has 1 saturated heterocycles. The van der Waals surface area contributed by atoms with Crippen LogP contribution in [0, 0.1) is 0 Å². The van der Waals surface area contributed by atoms with E-state index in [-0.39, 0.29) is 29.9 Å². The molecule has 1 heterocycles. The first-order valence-electron chi connectivity index (χ1n) is 6.07. The molecular formula is C12H23BO3. The highest BCUT2D eigenvalue weighted by molar-refractivity contribution is 6.47. The van der Waals surface area contributed by atoms with Gasteiger partial charge in [-0.3, -0.25) is 4.79 Å². The van der Waals surface area contributed by atoms with Gasteiger partial charge >= 0.3 is 7.12 Å². The SMILES string of the molecule is CCC(=O)CC(C)B1OC(C)(C)C(C)(C)O1. The molecule has 1 rings (SSSR count). The van der Waals surface area contributed by atoms with Crippen molar-refractivity contribution in [3.8, 4) is 0 Å². The van der Waals surface area contributed by atoms with Gasteiger partial charge in [-0.15, -0.1) is 0 Å². The van der Waals surface area contributed by atoms with Crippen LogP contribution >= 0.6 is 0 Å². The molecule has 1 fully saturated rings. The summed E-state index contributed by atoms with van der Waals surface area (Å²) in [6.07, 6.45) is 1.12. The smallest absolute Gasteiger partial charge is 0.403 e. The van der Waals surface area contributed by atoms with Gasteiger partial charge in [0.25, 0.3) is 0 Å². The Hall–Kier alpha value is -0.345. The normalized spacial score (nSPS) is 24.5. The van der Waals surface area contributed by atoms with Crippen molar-refractivity contribution in [3.63, 3.8) is 0 Å². The third-order valence-electron chi connectivity index (χ3n) is 3.68. The summed E-state index contributed by atoms with van der Waals surface area (Å²) in [5, 5.41) is 0. The fourth-order valence-electron chi connectivity index (χ4n) is 1.72. The van der Waals surface area contributed by atoms with Crippen LogP contribution in [-0.4, -0.2) is 24.1 Å². The van der Waals surface area contributed by atoms with E-state index in [9.17, 15) is 4.79 Å². The molecule has 4 heteroatoms. The summed E-state index contributed by atoms with van der Waals surface area (Å²) in [5.74, 6) is 0.385. The molecule has 0 radical (unpaired) electrons. The minimum absolute atomic E-state index is 0.119. The lowest BCUT2D eigenvalue weighted by molar-refractivity contribution is -0.118. The first kappa shape index (κ1) is 13.7. The number of rotatable bonds is 4. The van der Waals surface area contributed by atoms with E-state index < -0.39 is 0 Å². The highest BCUT2D eigenvalue weighted by Crippen LogP contribution is 2.40. The molecule has 1 aliphatic heterocycles. The predicted molar refractivity (Wildman–Crippen MR) is 65.4 cm³/mol. The number of hydrogen-bond acceptors (Lipinski definition) is 3. The molecule has 3 nitrogen and oxygen atoms in total. The van der Waals surface area contributed by atoms with Crippen LogP contribution in [0.15, 0.2) is 0 Å². The Morgan fingerprint density at radius 1 is 1.19 bits per heavy atom.